The molecule has 3 rings (SSSR count). The summed E-state index contributed by atoms with van der Waals surface area (Å²) >= 11 is 0. The van der Waals surface area contributed by atoms with Gasteiger partial charge >= 0.3 is 6.18 Å². The van der Waals surface area contributed by atoms with Crippen molar-refractivity contribution < 1.29 is 26.0 Å². The molecule has 0 amide bonds. The smallest absolute Gasteiger partial charge is 0.387 e. The number of halogens is 4. The number of benzene rings is 2. The van der Waals surface area contributed by atoms with Crippen molar-refractivity contribution in [1.82, 2.24) is 4.98 Å². The number of rotatable bonds is 5. The fraction of sp³-hybridized carbons (Fsp3) is 0.261. The molecule has 0 saturated carbocycles. The zero-order valence-electron chi connectivity index (χ0n) is 17.9. The Morgan fingerprint density at radius 3 is 2.34 bits per heavy atom. The summed E-state index contributed by atoms with van der Waals surface area (Å²) < 4.78 is 81.1. The van der Waals surface area contributed by atoms with Crippen molar-refractivity contribution in [2.75, 3.05) is 18.1 Å². The average molecular weight is 467 g/mol. The van der Waals surface area contributed by atoms with Crippen molar-refractivity contribution in [3.05, 3.63) is 65.2 Å². The number of sulfone groups is 1. The highest BCUT2D eigenvalue weighted by molar-refractivity contribution is 7.91. The SMILES string of the molecule is CCS(=O)(=O)c1cccc(-c2cc(C(F)(F)F)c(C)c(NC)c2-c2cc(C)cnc2F)c1. The van der Waals surface area contributed by atoms with Crippen LogP contribution in [0.2, 0.25) is 0 Å². The third-order valence-corrected chi connectivity index (χ3v) is 7.00. The summed E-state index contributed by atoms with van der Waals surface area (Å²) in [5.41, 5.74) is 0.174. The number of hydrogen-bond acceptors (Lipinski definition) is 4. The fourth-order valence-corrected chi connectivity index (χ4v) is 4.57. The van der Waals surface area contributed by atoms with Crippen molar-refractivity contribution in [1.29, 1.82) is 0 Å². The van der Waals surface area contributed by atoms with E-state index in [0.717, 1.165) is 6.07 Å². The minimum atomic E-state index is -4.67. The van der Waals surface area contributed by atoms with Crippen LogP contribution >= 0.6 is 0 Å². The van der Waals surface area contributed by atoms with Crippen LogP contribution in [0.4, 0.5) is 23.2 Å². The molecule has 1 aromatic heterocycles. The highest BCUT2D eigenvalue weighted by Crippen LogP contribution is 2.46. The quantitative estimate of drug-likeness (QED) is 0.369. The normalized spacial score (nSPS) is 12.1. The van der Waals surface area contributed by atoms with E-state index < -0.39 is 27.5 Å². The molecule has 0 unspecified atom stereocenters. The third-order valence-electron chi connectivity index (χ3n) is 5.27. The first-order chi connectivity index (χ1) is 14.9. The topological polar surface area (TPSA) is 59.1 Å². The van der Waals surface area contributed by atoms with Crippen LogP contribution in [-0.4, -0.2) is 26.2 Å². The Balaban J connectivity index is 2.49. The molecule has 9 heteroatoms. The predicted molar refractivity (Wildman–Crippen MR) is 117 cm³/mol. The van der Waals surface area contributed by atoms with Gasteiger partial charge in [0.05, 0.1) is 16.2 Å². The first kappa shape index (κ1) is 23.7. The molecule has 1 heterocycles. The predicted octanol–water partition coefficient (Wildman–Crippen LogP) is 6.03. The summed E-state index contributed by atoms with van der Waals surface area (Å²) in [6.07, 6.45) is -3.34. The van der Waals surface area contributed by atoms with Crippen LogP contribution in [0, 0.1) is 19.8 Å². The molecule has 1 N–H and O–H groups in total. The number of anilines is 1. The first-order valence-corrected chi connectivity index (χ1v) is 11.4. The van der Waals surface area contributed by atoms with Gasteiger partial charge in [-0.15, -0.1) is 0 Å². The lowest BCUT2D eigenvalue weighted by Gasteiger charge is -2.22. The van der Waals surface area contributed by atoms with E-state index in [4.69, 9.17) is 0 Å². The molecule has 4 nitrogen and oxygen atoms in total. The third kappa shape index (κ3) is 4.34. The second kappa shape index (κ2) is 8.54. The maximum absolute atomic E-state index is 14.8. The minimum absolute atomic E-state index is 0.0185. The number of nitrogens with zero attached hydrogens (tertiary/aromatic N) is 1. The lowest BCUT2D eigenvalue weighted by Crippen LogP contribution is -2.12. The monoisotopic (exact) mass is 466 g/mol. The summed E-state index contributed by atoms with van der Waals surface area (Å²) in [6.45, 7) is 4.48. The fourth-order valence-electron chi connectivity index (χ4n) is 3.65. The molecule has 0 bridgehead atoms. The van der Waals surface area contributed by atoms with Gasteiger partial charge in [-0.05, 0) is 60.4 Å². The molecule has 2 aromatic carbocycles. The summed E-state index contributed by atoms with van der Waals surface area (Å²) in [4.78, 5) is 3.70. The molecule has 32 heavy (non-hydrogen) atoms. The van der Waals surface area contributed by atoms with Crippen LogP contribution < -0.4 is 5.32 Å². The van der Waals surface area contributed by atoms with E-state index >= 15 is 0 Å². The van der Waals surface area contributed by atoms with Gasteiger partial charge in [0.2, 0.25) is 5.95 Å². The van der Waals surface area contributed by atoms with Crippen LogP contribution in [0.1, 0.15) is 23.6 Å². The average Bonchev–Trinajstić information content (AvgIpc) is 2.74. The van der Waals surface area contributed by atoms with E-state index in [2.05, 4.69) is 10.3 Å². The minimum Gasteiger partial charge on any atom is -0.387 e. The number of aromatic nitrogens is 1. The van der Waals surface area contributed by atoms with Crippen LogP contribution in [0.25, 0.3) is 22.3 Å². The Morgan fingerprint density at radius 1 is 1.06 bits per heavy atom. The van der Waals surface area contributed by atoms with Gasteiger partial charge in [-0.1, -0.05) is 19.1 Å². The van der Waals surface area contributed by atoms with Crippen molar-refractivity contribution in [2.45, 2.75) is 31.8 Å². The Hall–Kier alpha value is -2.94. The molecular weight excluding hydrogens is 444 g/mol. The summed E-state index contributed by atoms with van der Waals surface area (Å²) in [6, 6.07) is 8.09. The van der Waals surface area contributed by atoms with Crippen molar-refractivity contribution >= 4 is 15.5 Å². The van der Waals surface area contributed by atoms with Gasteiger partial charge in [0.1, 0.15) is 0 Å². The van der Waals surface area contributed by atoms with Gasteiger partial charge in [0.25, 0.3) is 0 Å². The summed E-state index contributed by atoms with van der Waals surface area (Å²) in [7, 11) is -2.15. The largest absolute Gasteiger partial charge is 0.416 e. The number of aryl methyl sites for hydroxylation is 1. The second-order valence-corrected chi connectivity index (χ2v) is 9.65. The molecule has 0 radical (unpaired) electrons. The van der Waals surface area contributed by atoms with E-state index in [9.17, 15) is 26.0 Å². The standard InChI is InChI=1S/C23H22F4N2O2S/c1-5-32(30,31)16-8-6-7-15(10-16)17-11-19(23(25,26)27)14(3)21(28-4)20(17)18-9-13(2)12-29-22(18)24/h6-12,28H,5H2,1-4H3. The van der Waals surface area contributed by atoms with Gasteiger partial charge in [-0.2, -0.15) is 17.6 Å². The molecular formula is C23H22F4N2O2S. The van der Waals surface area contributed by atoms with E-state index in [1.165, 1.54) is 57.4 Å². The van der Waals surface area contributed by atoms with Gasteiger partial charge in [-0.3, -0.25) is 0 Å². The molecule has 170 valence electrons. The van der Waals surface area contributed by atoms with E-state index in [1.54, 1.807) is 6.92 Å². The molecule has 3 aromatic rings. The summed E-state index contributed by atoms with van der Waals surface area (Å²) in [5, 5.41) is 2.78. The van der Waals surface area contributed by atoms with Crippen LogP contribution in [0.15, 0.2) is 47.5 Å². The molecule has 0 aliphatic carbocycles. The first-order valence-electron chi connectivity index (χ1n) is 9.79. The van der Waals surface area contributed by atoms with Gasteiger partial charge < -0.3 is 5.32 Å². The highest BCUT2D eigenvalue weighted by Gasteiger charge is 2.35. The molecule has 0 aliphatic heterocycles. The molecule has 0 atom stereocenters. The maximum Gasteiger partial charge on any atom is 0.416 e. The van der Waals surface area contributed by atoms with Gasteiger partial charge in [-0.25, -0.2) is 13.4 Å². The maximum atomic E-state index is 14.8. The molecule has 0 fully saturated rings. The lowest BCUT2D eigenvalue weighted by atomic mass is 9.88. The number of hydrogen-bond donors (Lipinski definition) is 1. The number of pyridine rings is 1. The Labute approximate surface area is 184 Å². The van der Waals surface area contributed by atoms with Crippen molar-refractivity contribution in [2.24, 2.45) is 0 Å². The van der Waals surface area contributed by atoms with Crippen LogP contribution in [0.5, 0.6) is 0 Å². The molecule has 0 aliphatic rings. The Morgan fingerprint density at radius 2 is 1.75 bits per heavy atom. The van der Waals surface area contributed by atoms with E-state index in [-0.39, 0.29) is 44.2 Å². The van der Waals surface area contributed by atoms with Crippen LogP contribution in [-0.2, 0) is 16.0 Å². The van der Waals surface area contributed by atoms with Crippen molar-refractivity contribution in [3.8, 4) is 22.3 Å². The van der Waals surface area contributed by atoms with Crippen LogP contribution in [0.3, 0.4) is 0 Å². The Kier molecular flexibility index (Phi) is 6.33. The van der Waals surface area contributed by atoms with Gasteiger partial charge in [0, 0.05) is 30.1 Å². The number of alkyl halides is 3. The Bertz CT molecular complexity index is 1290. The van der Waals surface area contributed by atoms with E-state index in [1.807, 2.05) is 0 Å². The second-order valence-electron chi connectivity index (χ2n) is 7.38. The van der Waals surface area contributed by atoms with E-state index in [0.29, 0.717) is 5.56 Å². The molecule has 0 saturated heterocycles. The summed E-state index contributed by atoms with van der Waals surface area (Å²) in [5.74, 6) is -1.01. The lowest BCUT2D eigenvalue weighted by molar-refractivity contribution is -0.137. The number of nitrogens with one attached hydrogen (secondary N) is 1. The zero-order valence-corrected chi connectivity index (χ0v) is 18.7. The van der Waals surface area contributed by atoms with Gasteiger partial charge in [0.15, 0.2) is 9.84 Å². The van der Waals surface area contributed by atoms with Crippen molar-refractivity contribution in [3.63, 3.8) is 0 Å². The zero-order chi connectivity index (χ0) is 23.8. The highest BCUT2D eigenvalue weighted by atomic mass is 32.2. The molecule has 0 spiro atoms.